The van der Waals surface area contributed by atoms with E-state index in [1.54, 1.807) is 23.9 Å². The van der Waals surface area contributed by atoms with Crippen molar-refractivity contribution >= 4 is 17.7 Å². The van der Waals surface area contributed by atoms with E-state index >= 15 is 0 Å². The summed E-state index contributed by atoms with van der Waals surface area (Å²) in [5, 5.41) is 11.3. The molecular formula is C10H15NO3S. The highest BCUT2D eigenvalue weighted by Crippen LogP contribution is 2.01. The molecule has 1 rings (SSSR count). The van der Waals surface area contributed by atoms with E-state index in [9.17, 15) is 4.79 Å². The quantitative estimate of drug-likeness (QED) is 0.688. The Hall–Kier alpha value is -0.940. The van der Waals surface area contributed by atoms with Gasteiger partial charge in [-0.3, -0.25) is 4.79 Å². The molecule has 15 heavy (non-hydrogen) atoms. The first-order chi connectivity index (χ1) is 7.34. The first kappa shape index (κ1) is 12.1. The fourth-order valence-electron chi connectivity index (χ4n) is 1.00. The molecule has 1 heterocycles. The Bertz CT molecular complexity index is 274. The van der Waals surface area contributed by atoms with Crippen molar-refractivity contribution in [3.63, 3.8) is 0 Å². The van der Waals surface area contributed by atoms with Gasteiger partial charge in [0.25, 0.3) is 5.91 Å². The van der Waals surface area contributed by atoms with Crippen molar-refractivity contribution in [3.8, 4) is 0 Å². The molecule has 0 fully saturated rings. The summed E-state index contributed by atoms with van der Waals surface area (Å²) in [6, 6.07) is 3.32. The molecule has 0 bridgehead atoms. The van der Waals surface area contributed by atoms with Crippen LogP contribution in [0.5, 0.6) is 0 Å². The first-order valence-corrected chi connectivity index (χ1v) is 6.00. The standard InChI is InChI=1S/C10H15NO3S/c12-5-2-7-15-8-4-11-10(13)9-3-1-6-14-9/h1,3,6,12H,2,4-5,7-8H2,(H,11,13). The number of hydrogen-bond donors (Lipinski definition) is 2. The van der Waals surface area contributed by atoms with Gasteiger partial charge in [-0.15, -0.1) is 0 Å². The minimum absolute atomic E-state index is 0.178. The second-order valence-corrected chi connectivity index (χ2v) is 4.15. The number of amides is 1. The molecule has 0 aliphatic carbocycles. The van der Waals surface area contributed by atoms with Crippen LogP contribution in [0.3, 0.4) is 0 Å². The number of hydrogen-bond acceptors (Lipinski definition) is 4. The van der Waals surface area contributed by atoms with Gasteiger partial charge in [-0.2, -0.15) is 11.8 Å². The van der Waals surface area contributed by atoms with Crippen molar-refractivity contribution < 1.29 is 14.3 Å². The molecule has 1 aromatic heterocycles. The van der Waals surface area contributed by atoms with E-state index in [0.717, 1.165) is 17.9 Å². The Labute approximate surface area is 93.0 Å². The molecule has 0 saturated carbocycles. The van der Waals surface area contributed by atoms with Crippen LogP contribution in [0.15, 0.2) is 22.8 Å². The lowest BCUT2D eigenvalue weighted by atomic mass is 10.4. The van der Waals surface area contributed by atoms with Crippen molar-refractivity contribution in [2.24, 2.45) is 0 Å². The average Bonchev–Trinajstić information content (AvgIpc) is 2.76. The Morgan fingerprint density at radius 1 is 1.53 bits per heavy atom. The Morgan fingerprint density at radius 3 is 3.07 bits per heavy atom. The van der Waals surface area contributed by atoms with Gasteiger partial charge in [0, 0.05) is 18.9 Å². The molecule has 84 valence electrons. The topological polar surface area (TPSA) is 62.5 Å². The van der Waals surface area contributed by atoms with E-state index in [1.165, 1.54) is 6.26 Å². The summed E-state index contributed by atoms with van der Waals surface area (Å²) in [7, 11) is 0. The molecule has 0 radical (unpaired) electrons. The molecule has 1 amide bonds. The number of aliphatic hydroxyl groups is 1. The van der Waals surface area contributed by atoms with Crippen LogP contribution in [0.4, 0.5) is 0 Å². The average molecular weight is 229 g/mol. The minimum atomic E-state index is -0.178. The van der Waals surface area contributed by atoms with Crippen LogP contribution >= 0.6 is 11.8 Å². The number of furan rings is 1. The number of nitrogens with one attached hydrogen (secondary N) is 1. The Kier molecular flexibility index (Phi) is 5.96. The van der Waals surface area contributed by atoms with Gasteiger partial charge in [0.15, 0.2) is 5.76 Å². The maximum absolute atomic E-state index is 11.3. The molecule has 0 aliphatic rings. The highest BCUT2D eigenvalue weighted by molar-refractivity contribution is 7.99. The van der Waals surface area contributed by atoms with Gasteiger partial charge < -0.3 is 14.8 Å². The number of carbonyl (C=O) groups excluding carboxylic acids is 1. The molecular weight excluding hydrogens is 214 g/mol. The fourth-order valence-corrected chi connectivity index (χ4v) is 1.78. The van der Waals surface area contributed by atoms with Gasteiger partial charge in [0.1, 0.15) is 0 Å². The smallest absolute Gasteiger partial charge is 0.287 e. The lowest BCUT2D eigenvalue weighted by Crippen LogP contribution is -2.25. The Balaban J connectivity index is 2.03. The molecule has 0 aromatic carbocycles. The summed E-state index contributed by atoms with van der Waals surface area (Å²) in [6.45, 7) is 0.849. The van der Waals surface area contributed by atoms with E-state index in [1.807, 2.05) is 0 Å². The highest BCUT2D eigenvalue weighted by Gasteiger charge is 2.06. The lowest BCUT2D eigenvalue weighted by molar-refractivity contribution is 0.0928. The minimum Gasteiger partial charge on any atom is -0.459 e. The largest absolute Gasteiger partial charge is 0.459 e. The third kappa shape index (κ3) is 4.90. The summed E-state index contributed by atoms with van der Waals surface area (Å²) in [5.74, 6) is 1.94. The molecule has 0 unspecified atom stereocenters. The predicted molar refractivity (Wildman–Crippen MR) is 60.1 cm³/mol. The third-order valence-corrected chi connectivity index (χ3v) is 2.79. The van der Waals surface area contributed by atoms with Gasteiger partial charge in [-0.1, -0.05) is 0 Å². The van der Waals surface area contributed by atoms with Crippen LogP contribution in [-0.4, -0.2) is 35.7 Å². The first-order valence-electron chi connectivity index (χ1n) is 4.85. The number of thioether (sulfide) groups is 1. The normalized spacial score (nSPS) is 10.2. The zero-order valence-electron chi connectivity index (χ0n) is 8.44. The van der Waals surface area contributed by atoms with E-state index in [0.29, 0.717) is 12.3 Å². The molecule has 0 atom stereocenters. The summed E-state index contributed by atoms with van der Waals surface area (Å²) in [6.07, 6.45) is 2.28. The maximum atomic E-state index is 11.3. The van der Waals surface area contributed by atoms with Crippen molar-refractivity contribution in [1.82, 2.24) is 5.32 Å². The second kappa shape index (κ2) is 7.36. The van der Waals surface area contributed by atoms with Crippen molar-refractivity contribution in [1.29, 1.82) is 0 Å². The molecule has 0 saturated heterocycles. The number of rotatable bonds is 7. The van der Waals surface area contributed by atoms with E-state index in [2.05, 4.69) is 5.32 Å². The summed E-state index contributed by atoms with van der Waals surface area (Å²) >= 11 is 1.71. The summed E-state index contributed by atoms with van der Waals surface area (Å²) in [4.78, 5) is 11.3. The number of aliphatic hydroxyl groups excluding tert-OH is 1. The van der Waals surface area contributed by atoms with Crippen molar-refractivity contribution in [2.75, 3.05) is 24.7 Å². The second-order valence-electron chi connectivity index (χ2n) is 2.92. The van der Waals surface area contributed by atoms with E-state index in [-0.39, 0.29) is 12.5 Å². The van der Waals surface area contributed by atoms with Crippen LogP contribution in [0.25, 0.3) is 0 Å². The SMILES string of the molecule is O=C(NCCSCCCO)c1ccco1. The summed E-state index contributed by atoms with van der Waals surface area (Å²) < 4.78 is 4.94. The van der Waals surface area contributed by atoms with Gasteiger partial charge >= 0.3 is 0 Å². The molecule has 0 aliphatic heterocycles. The molecule has 4 nitrogen and oxygen atoms in total. The highest BCUT2D eigenvalue weighted by atomic mass is 32.2. The zero-order valence-corrected chi connectivity index (χ0v) is 9.26. The monoisotopic (exact) mass is 229 g/mol. The van der Waals surface area contributed by atoms with Crippen LogP contribution in [0.1, 0.15) is 17.0 Å². The molecule has 1 aromatic rings. The predicted octanol–water partition coefficient (Wildman–Crippen LogP) is 1.13. The van der Waals surface area contributed by atoms with Crippen LogP contribution in [-0.2, 0) is 0 Å². The zero-order chi connectivity index (χ0) is 10.9. The molecule has 0 spiro atoms. The van der Waals surface area contributed by atoms with Gasteiger partial charge in [0.05, 0.1) is 6.26 Å². The van der Waals surface area contributed by atoms with Gasteiger partial charge in [-0.25, -0.2) is 0 Å². The van der Waals surface area contributed by atoms with E-state index < -0.39 is 0 Å². The number of carbonyl (C=O) groups is 1. The van der Waals surface area contributed by atoms with Crippen LogP contribution in [0.2, 0.25) is 0 Å². The van der Waals surface area contributed by atoms with Gasteiger partial charge in [-0.05, 0) is 24.3 Å². The summed E-state index contributed by atoms with van der Waals surface area (Å²) in [5.41, 5.74) is 0. The fraction of sp³-hybridized carbons (Fsp3) is 0.500. The van der Waals surface area contributed by atoms with Gasteiger partial charge in [0.2, 0.25) is 0 Å². The lowest BCUT2D eigenvalue weighted by Gasteiger charge is -2.02. The van der Waals surface area contributed by atoms with Crippen molar-refractivity contribution in [2.45, 2.75) is 6.42 Å². The van der Waals surface area contributed by atoms with Crippen LogP contribution < -0.4 is 5.32 Å². The molecule has 5 heteroatoms. The van der Waals surface area contributed by atoms with E-state index in [4.69, 9.17) is 9.52 Å². The molecule has 2 N–H and O–H groups in total. The van der Waals surface area contributed by atoms with Crippen molar-refractivity contribution in [3.05, 3.63) is 24.2 Å². The Morgan fingerprint density at radius 2 is 2.40 bits per heavy atom. The third-order valence-electron chi connectivity index (χ3n) is 1.72. The van der Waals surface area contributed by atoms with Crippen LogP contribution in [0, 0.1) is 0 Å². The maximum Gasteiger partial charge on any atom is 0.287 e.